The molecule has 4 N–H and O–H groups in total. The molecule has 58 valence electrons. The van der Waals surface area contributed by atoms with E-state index in [1.165, 1.54) is 0 Å². The minimum absolute atomic E-state index is 0.153. The van der Waals surface area contributed by atoms with E-state index in [9.17, 15) is 4.79 Å². The van der Waals surface area contributed by atoms with Crippen LogP contribution >= 0.6 is 0 Å². The minimum atomic E-state index is -0.485. The van der Waals surface area contributed by atoms with Crippen LogP contribution in [-0.2, 0) is 0 Å². The second-order valence-electron chi connectivity index (χ2n) is 2.74. The first-order valence-electron chi connectivity index (χ1n) is 3.40. The van der Waals surface area contributed by atoms with Crippen molar-refractivity contribution < 1.29 is 9.90 Å². The predicted molar refractivity (Wildman–Crippen MR) is 36.3 cm³/mol. The van der Waals surface area contributed by atoms with Crippen LogP contribution in [0, 0.1) is 5.92 Å². The number of primary amides is 1. The number of urea groups is 1. The van der Waals surface area contributed by atoms with Gasteiger partial charge in [-0.25, -0.2) is 4.79 Å². The lowest BCUT2D eigenvalue weighted by atomic mass is 9.82. The second kappa shape index (κ2) is 2.88. The van der Waals surface area contributed by atoms with Crippen LogP contribution in [0.1, 0.15) is 12.8 Å². The lowest BCUT2D eigenvalue weighted by Gasteiger charge is -2.30. The Kier molecular flexibility index (Phi) is 2.11. The van der Waals surface area contributed by atoms with Crippen LogP contribution in [0.2, 0.25) is 0 Å². The molecule has 1 saturated carbocycles. The van der Waals surface area contributed by atoms with Gasteiger partial charge in [-0.1, -0.05) is 0 Å². The second-order valence-corrected chi connectivity index (χ2v) is 2.74. The number of nitrogens with two attached hydrogens (primary N) is 1. The molecule has 0 saturated heterocycles. The topological polar surface area (TPSA) is 75.4 Å². The average molecular weight is 144 g/mol. The third-order valence-electron chi connectivity index (χ3n) is 1.78. The molecule has 0 aromatic carbocycles. The summed E-state index contributed by atoms with van der Waals surface area (Å²) in [6.07, 6.45) is 1.43. The molecule has 0 aliphatic heterocycles. The van der Waals surface area contributed by atoms with Gasteiger partial charge in [0.2, 0.25) is 0 Å². The zero-order valence-corrected chi connectivity index (χ0v) is 5.71. The fourth-order valence-electron chi connectivity index (χ4n) is 1.11. The third-order valence-corrected chi connectivity index (χ3v) is 1.78. The molecule has 0 atom stereocenters. The Morgan fingerprint density at radius 3 is 2.70 bits per heavy atom. The highest BCUT2D eigenvalue weighted by Gasteiger charge is 2.26. The van der Waals surface area contributed by atoms with E-state index >= 15 is 0 Å². The summed E-state index contributed by atoms with van der Waals surface area (Å²) in [4.78, 5) is 10.2. The fourth-order valence-corrected chi connectivity index (χ4v) is 1.11. The Morgan fingerprint density at radius 1 is 1.70 bits per heavy atom. The first kappa shape index (κ1) is 7.34. The average Bonchev–Trinajstić information content (AvgIpc) is 1.77. The van der Waals surface area contributed by atoms with Gasteiger partial charge in [-0.2, -0.15) is 0 Å². The normalized spacial score (nSPS) is 30.9. The molecule has 0 spiro atoms. The molecule has 10 heavy (non-hydrogen) atoms. The molecule has 1 aliphatic carbocycles. The number of hydrogen-bond acceptors (Lipinski definition) is 2. The summed E-state index contributed by atoms with van der Waals surface area (Å²) in [6.45, 7) is 0.604. The van der Waals surface area contributed by atoms with Crippen LogP contribution in [0.25, 0.3) is 0 Å². The van der Waals surface area contributed by atoms with Crippen LogP contribution in [0.15, 0.2) is 0 Å². The van der Waals surface area contributed by atoms with Gasteiger partial charge in [-0.3, -0.25) is 0 Å². The van der Waals surface area contributed by atoms with E-state index in [2.05, 4.69) is 5.32 Å². The number of carbonyl (C=O) groups is 1. The number of amides is 2. The molecule has 1 rings (SSSR count). The summed E-state index contributed by atoms with van der Waals surface area (Å²) in [5, 5.41) is 11.3. The predicted octanol–water partition coefficient (Wildman–Crippen LogP) is -0.574. The molecule has 0 bridgehead atoms. The molecule has 0 heterocycles. The van der Waals surface area contributed by atoms with E-state index in [0.29, 0.717) is 12.5 Å². The zero-order valence-electron chi connectivity index (χ0n) is 5.71. The standard InChI is InChI=1S/C6H12N2O2/c7-6(10)8-3-4-1-5(9)2-4/h4-5,9H,1-3H2,(H3,7,8,10). The molecule has 2 amide bonds. The van der Waals surface area contributed by atoms with Gasteiger partial charge in [0.15, 0.2) is 0 Å². The molecule has 1 aliphatic rings. The molecule has 0 aromatic heterocycles. The van der Waals surface area contributed by atoms with Crippen LogP contribution in [0.3, 0.4) is 0 Å². The van der Waals surface area contributed by atoms with Gasteiger partial charge in [0, 0.05) is 6.54 Å². The molecule has 1 fully saturated rings. The monoisotopic (exact) mass is 144 g/mol. The van der Waals surface area contributed by atoms with E-state index in [1.807, 2.05) is 0 Å². The lowest BCUT2D eigenvalue weighted by Crippen LogP contribution is -2.40. The van der Waals surface area contributed by atoms with Crippen LogP contribution in [-0.4, -0.2) is 23.8 Å². The summed E-state index contributed by atoms with van der Waals surface area (Å²) in [7, 11) is 0. The molecule has 0 radical (unpaired) electrons. The van der Waals surface area contributed by atoms with Crippen molar-refractivity contribution in [2.24, 2.45) is 11.7 Å². The van der Waals surface area contributed by atoms with E-state index in [-0.39, 0.29) is 6.10 Å². The highest BCUT2D eigenvalue weighted by atomic mass is 16.3. The summed E-state index contributed by atoms with van der Waals surface area (Å²) >= 11 is 0. The maximum atomic E-state index is 10.2. The van der Waals surface area contributed by atoms with Crippen molar-refractivity contribution in [3.63, 3.8) is 0 Å². The summed E-state index contributed by atoms with van der Waals surface area (Å²) in [5.74, 6) is 0.433. The van der Waals surface area contributed by atoms with Crippen molar-refractivity contribution in [1.82, 2.24) is 5.32 Å². The highest BCUT2D eigenvalue weighted by molar-refractivity contribution is 5.71. The van der Waals surface area contributed by atoms with Crippen molar-refractivity contribution in [2.45, 2.75) is 18.9 Å². The first-order valence-corrected chi connectivity index (χ1v) is 3.40. The molecular formula is C6H12N2O2. The molecular weight excluding hydrogens is 132 g/mol. The molecule has 0 aromatic rings. The number of nitrogens with one attached hydrogen (secondary N) is 1. The smallest absolute Gasteiger partial charge is 0.312 e. The van der Waals surface area contributed by atoms with Gasteiger partial charge in [0.1, 0.15) is 0 Å². The van der Waals surface area contributed by atoms with E-state index in [1.54, 1.807) is 0 Å². The number of aliphatic hydroxyl groups excluding tert-OH is 1. The quantitative estimate of drug-likeness (QED) is 0.485. The van der Waals surface area contributed by atoms with Gasteiger partial charge in [-0.15, -0.1) is 0 Å². The molecule has 0 unspecified atom stereocenters. The van der Waals surface area contributed by atoms with Crippen molar-refractivity contribution in [1.29, 1.82) is 0 Å². The van der Waals surface area contributed by atoms with Crippen LogP contribution in [0.5, 0.6) is 0 Å². The van der Waals surface area contributed by atoms with Gasteiger partial charge in [0.05, 0.1) is 6.10 Å². The van der Waals surface area contributed by atoms with E-state index in [0.717, 1.165) is 12.8 Å². The van der Waals surface area contributed by atoms with Crippen molar-refractivity contribution in [3.8, 4) is 0 Å². The SMILES string of the molecule is NC(=O)NCC1CC(O)C1. The van der Waals surface area contributed by atoms with Gasteiger partial charge < -0.3 is 16.2 Å². The third kappa shape index (κ3) is 1.88. The van der Waals surface area contributed by atoms with Gasteiger partial charge in [0.25, 0.3) is 0 Å². The zero-order chi connectivity index (χ0) is 7.56. The number of aliphatic hydroxyl groups is 1. The van der Waals surface area contributed by atoms with E-state index < -0.39 is 6.03 Å². The Balaban J connectivity index is 2.00. The Hall–Kier alpha value is -0.770. The van der Waals surface area contributed by atoms with E-state index in [4.69, 9.17) is 10.8 Å². The Bertz CT molecular complexity index is 132. The number of hydrogen-bond donors (Lipinski definition) is 3. The lowest BCUT2D eigenvalue weighted by molar-refractivity contribution is 0.0442. The van der Waals surface area contributed by atoms with Crippen LogP contribution < -0.4 is 11.1 Å². The highest BCUT2D eigenvalue weighted by Crippen LogP contribution is 2.25. The summed E-state index contributed by atoms with van der Waals surface area (Å²) < 4.78 is 0. The maximum Gasteiger partial charge on any atom is 0.312 e. The Labute approximate surface area is 59.4 Å². The minimum Gasteiger partial charge on any atom is -0.393 e. The van der Waals surface area contributed by atoms with Crippen molar-refractivity contribution in [3.05, 3.63) is 0 Å². The van der Waals surface area contributed by atoms with Gasteiger partial charge >= 0.3 is 6.03 Å². The van der Waals surface area contributed by atoms with Gasteiger partial charge in [-0.05, 0) is 18.8 Å². The number of rotatable bonds is 2. The van der Waals surface area contributed by atoms with Crippen LogP contribution in [0.4, 0.5) is 4.79 Å². The first-order chi connectivity index (χ1) is 4.68. The van der Waals surface area contributed by atoms with Crippen molar-refractivity contribution in [2.75, 3.05) is 6.54 Å². The fraction of sp³-hybridized carbons (Fsp3) is 0.833. The summed E-state index contributed by atoms with van der Waals surface area (Å²) in [5.41, 5.74) is 4.84. The Morgan fingerprint density at radius 2 is 2.30 bits per heavy atom. The molecule has 4 heteroatoms. The van der Waals surface area contributed by atoms with Crippen molar-refractivity contribution >= 4 is 6.03 Å². The maximum absolute atomic E-state index is 10.2. The largest absolute Gasteiger partial charge is 0.393 e. The number of carbonyl (C=O) groups excluding carboxylic acids is 1. The molecule has 4 nitrogen and oxygen atoms in total. The summed E-state index contributed by atoms with van der Waals surface area (Å²) in [6, 6.07) is -0.485.